The van der Waals surface area contributed by atoms with Crippen LogP contribution < -0.4 is 4.90 Å². The van der Waals surface area contributed by atoms with E-state index in [0.717, 1.165) is 63.5 Å². The molecule has 0 bridgehead atoms. The number of hydrogen-bond donors (Lipinski definition) is 0. The van der Waals surface area contributed by atoms with Crippen LogP contribution in [0.15, 0.2) is 12.1 Å². The summed E-state index contributed by atoms with van der Waals surface area (Å²) in [6.07, 6.45) is 5.48. The highest BCUT2D eigenvalue weighted by atomic mass is 16.2. The molecular formula is C18H27N5O. The standard InChI is InChI=1S/C18H27N5O/c1-21(10-11-22-9-3-2-4-18(22)24)15-12-23(13-15)17-8-7-16(19-20-17)14-5-6-14/h7-8,14-15H,2-6,9-13H2,1H3. The summed E-state index contributed by atoms with van der Waals surface area (Å²) in [4.78, 5) is 18.6. The molecule has 2 aliphatic heterocycles. The average Bonchev–Trinajstić information content (AvgIpc) is 3.38. The molecule has 1 amide bonds. The summed E-state index contributed by atoms with van der Waals surface area (Å²) in [5.41, 5.74) is 1.15. The maximum absolute atomic E-state index is 11.9. The monoisotopic (exact) mass is 329 g/mol. The van der Waals surface area contributed by atoms with Crippen molar-refractivity contribution in [2.45, 2.75) is 44.1 Å². The van der Waals surface area contributed by atoms with Crippen molar-refractivity contribution in [3.8, 4) is 0 Å². The lowest BCUT2D eigenvalue weighted by molar-refractivity contribution is -0.133. The van der Waals surface area contributed by atoms with Gasteiger partial charge in [0.15, 0.2) is 5.82 Å². The minimum absolute atomic E-state index is 0.330. The van der Waals surface area contributed by atoms with Crippen LogP contribution in [-0.4, -0.2) is 71.7 Å². The molecule has 0 N–H and O–H groups in total. The second-order valence-electron chi connectivity index (χ2n) is 7.47. The largest absolute Gasteiger partial charge is 0.352 e. The van der Waals surface area contributed by atoms with Gasteiger partial charge in [-0.05, 0) is 44.9 Å². The number of hydrogen-bond acceptors (Lipinski definition) is 5. The van der Waals surface area contributed by atoms with E-state index in [4.69, 9.17) is 0 Å². The number of rotatable bonds is 6. The highest BCUT2D eigenvalue weighted by molar-refractivity contribution is 5.76. The second-order valence-corrected chi connectivity index (χ2v) is 7.47. The molecule has 24 heavy (non-hydrogen) atoms. The fourth-order valence-corrected chi connectivity index (χ4v) is 3.58. The van der Waals surface area contributed by atoms with Gasteiger partial charge in [0.1, 0.15) is 0 Å². The van der Waals surface area contributed by atoms with E-state index in [9.17, 15) is 4.79 Å². The van der Waals surface area contributed by atoms with E-state index in [2.05, 4.69) is 39.2 Å². The molecule has 1 saturated carbocycles. The maximum atomic E-state index is 11.9. The van der Waals surface area contributed by atoms with E-state index >= 15 is 0 Å². The lowest BCUT2D eigenvalue weighted by atomic mass is 10.1. The number of likely N-dealkylation sites (N-methyl/N-ethyl adjacent to an activating group) is 1. The van der Waals surface area contributed by atoms with E-state index in [1.807, 2.05) is 4.90 Å². The molecule has 0 aromatic carbocycles. The van der Waals surface area contributed by atoms with Gasteiger partial charge in [0.2, 0.25) is 5.91 Å². The molecule has 0 unspecified atom stereocenters. The summed E-state index contributed by atoms with van der Waals surface area (Å²) in [6, 6.07) is 4.80. The van der Waals surface area contributed by atoms with Gasteiger partial charge in [0.05, 0.1) is 5.69 Å². The summed E-state index contributed by atoms with van der Waals surface area (Å²) in [7, 11) is 2.16. The Bertz CT molecular complexity index is 580. The van der Waals surface area contributed by atoms with Crippen LogP contribution in [0.4, 0.5) is 5.82 Å². The summed E-state index contributed by atoms with van der Waals surface area (Å²) in [5, 5.41) is 8.76. The SMILES string of the molecule is CN(CCN1CCCCC1=O)C1CN(c2ccc(C3CC3)nn2)C1. The van der Waals surface area contributed by atoms with Crippen molar-refractivity contribution in [1.29, 1.82) is 0 Å². The number of carbonyl (C=O) groups excluding carboxylic acids is 1. The first-order valence-electron chi connectivity index (χ1n) is 9.27. The predicted molar refractivity (Wildman–Crippen MR) is 93.1 cm³/mol. The molecule has 0 radical (unpaired) electrons. The third-order valence-corrected chi connectivity index (χ3v) is 5.62. The maximum Gasteiger partial charge on any atom is 0.222 e. The zero-order chi connectivity index (χ0) is 16.5. The minimum Gasteiger partial charge on any atom is -0.352 e. The van der Waals surface area contributed by atoms with Crippen LogP contribution in [-0.2, 0) is 4.79 Å². The molecule has 1 aromatic rings. The molecule has 0 spiro atoms. The van der Waals surface area contributed by atoms with Crippen LogP contribution in [0.25, 0.3) is 0 Å². The van der Waals surface area contributed by atoms with Crippen molar-refractivity contribution in [3.63, 3.8) is 0 Å². The summed E-state index contributed by atoms with van der Waals surface area (Å²) < 4.78 is 0. The molecule has 6 nitrogen and oxygen atoms in total. The van der Waals surface area contributed by atoms with Crippen molar-refractivity contribution in [2.75, 3.05) is 44.7 Å². The van der Waals surface area contributed by atoms with Gasteiger partial charge in [0, 0.05) is 51.1 Å². The Labute approximate surface area is 143 Å². The van der Waals surface area contributed by atoms with Crippen molar-refractivity contribution in [1.82, 2.24) is 20.0 Å². The van der Waals surface area contributed by atoms with Crippen LogP contribution in [0.5, 0.6) is 0 Å². The zero-order valence-corrected chi connectivity index (χ0v) is 14.5. The van der Waals surface area contributed by atoms with Crippen LogP contribution in [0.3, 0.4) is 0 Å². The van der Waals surface area contributed by atoms with E-state index in [0.29, 0.717) is 17.9 Å². The minimum atomic E-state index is 0.330. The first-order chi connectivity index (χ1) is 11.7. The van der Waals surface area contributed by atoms with Gasteiger partial charge in [-0.1, -0.05) is 0 Å². The molecule has 3 aliphatic rings. The number of aromatic nitrogens is 2. The van der Waals surface area contributed by atoms with Crippen LogP contribution in [0, 0.1) is 0 Å². The van der Waals surface area contributed by atoms with Gasteiger partial charge in [0.25, 0.3) is 0 Å². The number of anilines is 1. The number of amides is 1. The van der Waals surface area contributed by atoms with Gasteiger partial charge in [-0.15, -0.1) is 5.10 Å². The van der Waals surface area contributed by atoms with Gasteiger partial charge in [-0.2, -0.15) is 5.10 Å². The summed E-state index contributed by atoms with van der Waals surface area (Å²) in [6.45, 7) is 4.76. The Kier molecular flexibility index (Phi) is 4.39. The van der Waals surface area contributed by atoms with Gasteiger partial charge >= 0.3 is 0 Å². The Morgan fingerprint density at radius 3 is 2.71 bits per heavy atom. The molecule has 0 atom stereocenters. The number of carbonyl (C=O) groups is 1. The molecule has 6 heteroatoms. The molecular weight excluding hydrogens is 302 g/mol. The topological polar surface area (TPSA) is 52.6 Å². The molecule has 3 heterocycles. The van der Waals surface area contributed by atoms with E-state index in [-0.39, 0.29) is 0 Å². The van der Waals surface area contributed by atoms with E-state index in [1.165, 1.54) is 12.8 Å². The van der Waals surface area contributed by atoms with Crippen LogP contribution in [0.1, 0.15) is 43.7 Å². The van der Waals surface area contributed by atoms with Crippen molar-refractivity contribution >= 4 is 11.7 Å². The molecule has 3 fully saturated rings. The fourth-order valence-electron chi connectivity index (χ4n) is 3.58. The number of nitrogens with zero attached hydrogens (tertiary/aromatic N) is 5. The number of piperidine rings is 1. The summed E-state index contributed by atoms with van der Waals surface area (Å²) in [5.74, 6) is 1.99. The van der Waals surface area contributed by atoms with Gasteiger partial charge in [-0.3, -0.25) is 9.69 Å². The quantitative estimate of drug-likeness (QED) is 0.791. The average molecular weight is 329 g/mol. The molecule has 130 valence electrons. The highest BCUT2D eigenvalue weighted by Crippen LogP contribution is 2.38. The Hall–Kier alpha value is -1.69. The van der Waals surface area contributed by atoms with Crippen molar-refractivity contribution in [3.05, 3.63) is 17.8 Å². The third kappa shape index (κ3) is 3.38. The lowest BCUT2D eigenvalue weighted by Gasteiger charge is -2.45. The molecule has 1 aromatic heterocycles. The number of likely N-dealkylation sites (tertiary alicyclic amines) is 1. The fraction of sp³-hybridized carbons (Fsp3) is 0.722. The summed E-state index contributed by atoms with van der Waals surface area (Å²) >= 11 is 0. The van der Waals surface area contributed by atoms with Gasteiger partial charge < -0.3 is 9.80 Å². The van der Waals surface area contributed by atoms with Gasteiger partial charge in [-0.25, -0.2) is 0 Å². The Morgan fingerprint density at radius 1 is 1.21 bits per heavy atom. The first-order valence-corrected chi connectivity index (χ1v) is 9.27. The molecule has 1 aliphatic carbocycles. The lowest BCUT2D eigenvalue weighted by Crippen LogP contribution is -2.59. The smallest absolute Gasteiger partial charge is 0.222 e. The Morgan fingerprint density at radius 2 is 2.04 bits per heavy atom. The Balaban J connectivity index is 1.22. The van der Waals surface area contributed by atoms with Crippen LogP contribution in [0.2, 0.25) is 0 Å². The zero-order valence-electron chi connectivity index (χ0n) is 14.5. The van der Waals surface area contributed by atoms with E-state index in [1.54, 1.807) is 0 Å². The van der Waals surface area contributed by atoms with Crippen molar-refractivity contribution < 1.29 is 4.79 Å². The highest BCUT2D eigenvalue weighted by Gasteiger charge is 2.32. The first kappa shape index (κ1) is 15.8. The second kappa shape index (κ2) is 6.67. The van der Waals surface area contributed by atoms with Crippen molar-refractivity contribution in [2.24, 2.45) is 0 Å². The van der Waals surface area contributed by atoms with E-state index < -0.39 is 0 Å². The third-order valence-electron chi connectivity index (χ3n) is 5.62. The normalized spacial score (nSPS) is 22.2. The predicted octanol–water partition coefficient (Wildman–Crippen LogP) is 1.49. The molecule has 4 rings (SSSR count). The molecule has 2 saturated heterocycles. The van der Waals surface area contributed by atoms with Crippen LogP contribution >= 0.6 is 0 Å².